The summed E-state index contributed by atoms with van der Waals surface area (Å²) in [5.41, 5.74) is 0. The van der Waals surface area contributed by atoms with Crippen LogP contribution >= 0.6 is 0 Å². The maximum absolute atomic E-state index is 8.25. The van der Waals surface area contributed by atoms with Crippen molar-refractivity contribution < 1.29 is 156 Å². The molecule has 0 aromatic rings. The Morgan fingerprint density at radius 2 is 0.258 bits per heavy atom. The van der Waals surface area contributed by atoms with Gasteiger partial charge in [-0.1, -0.05) is 0 Å². The summed E-state index contributed by atoms with van der Waals surface area (Å²) in [4.78, 5) is 24.8. The molecule has 30 nitrogen and oxygen atoms in total. The molecule has 0 bridgehead atoms. The molecule has 0 aromatic heterocycles. The van der Waals surface area contributed by atoms with Crippen LogP contribution in [0.3, 0.4) is 0 Å². The van der Waals surface area contributed by atoms with Crippen LogP contribution in [-0.4, -0.2) is 114 Å². The zero-order valence-electron chi connectivity index (χ0n) is 14.5. The third-order valence-electron chi connectivity index (χ3n) is 0. The van der Waals surface area contributed by atoms with Crippen LogP contribution in [-0.2, 0) is 0 Å². The van der Waals surface area contributed by atoms with Crippen LogP contribution < -0.4 is 0 Å². The van der Waals surface area contributed by atoms with E-state index in [1.165, 1.54) is 0 Å². The fourth-order valence-electron chi connectivity index (χ4n) is 0. The normalized spacial score (nSPS) is 2.32. The van der Waals surface area contributed by atoms with E-state index < -0.39 is 15.3 Å². The molecule has 0 unspecified atom stereocenters. The predicted molar refractivity (Wildman–Crippen MR) is 96.1 cm³/mol. The van der Waals surface area contributed by atoms with E-state index >= 15 is 0 Å². The molecule has 0 heterocycles. The SMILES string of the molecule is O.O.O.O.O.O.O.O.O.O.O.O.O.O.O.O.O.O.O=[N+]([O-])[O-].O=[N+]([O-])[O-].O=[N+]([O-])[O-].[Ce+3]. The molecule has 0 aliphatic carbocycles. The molecule has 0 fully saturated rings. The van der Waals surface area contributed by atoms with E-state index in [1.807, 2.05) is 0 Å². The fourth-order valence-corrected chi connectivity index (χ4v) is 0. The largest absolute Gasteiger partial charge is 3.00 e. The quantitative estimate of drug-likeness (QED) is 0.177. The second-order valence-electron chi connectivity index (χ2n) is 0.671. The summed E-state index contributed by atoms with van der Waals surface area (Å²) in [5.74, 6) is 0. The Morgan fingerprint density at radius 3 is 0.258 bits per heavy atom. The number of hydrogen-bond acceptors (Lipinski definition) is 9. The van der Waals surface area contributed by atoms with Gasteiger partial charge in [0.2, 0.25) is 0 Å². The van der Waals surface area contributed by atoms with E-state index in [-0.39, 0.29) is 140 Å². The molecular formula is H36CeN3O27. The second kappa shape index (κ2) is 399. The van der Waals surface area contributed by atoms with Crippen molar-refractivity contribution >= 4 is 0 Å². The van der Waals surface area contributed by atoms with Gasteiger partial charge in [-0.2, -0.15) is 0 Å². The summed E-state index contributed by atoms with van der Waals surface area (Å²) in [5, 5.41) is 44.2. The van der Waals surface area contributed by atoms with Gasteiger partial charge >= 0.3 is 41.7 Å². The Balaban J connectivity index is -0.00000000150. The minimum absolute atomic E-state index is 0. The smallest absolute Gasteiger partial charge is 0.412 e. The van der Waals surface area contributed by atoms with Gasteiger partial charge in [0.15, 0.2) is 0 Å². The molecule has 0 saturated heterocycles. The molecule has 0 atom stereocenters. The third kappa shape index (κ3) is 6410. The maximum Gasteiger partial charge on any atom is 3.00 e. The fraction of sp³-hybridized carbons (Fsp3) is 0. The minimum Gasteiger partial charge on any atom is -0.412 e. The monoisotopic (exact) mass is 650 g/mol. The van der Waals surface area contributed by atoms with E-state index in [9.17, 15) is 0 Å². The van der Waals surface area contributed by atoms with Crippen molar-refractivity contribution in [3.63, 3.8) is 0 Å². The summed E-state index contributed by atoms with van der Waals surface area (Å²) < 4.78 is 0. The van der Waals surface area contributed by atoms with E-state index in [1.54, 1.807) is 0 Å². The molecule has 31 heteroatoms. The van der Waals surface area contributed by atoms with Crippen molar-refractivity contribution in [2.75, 3.05) is 0 Å². The summed E-state index contributed by atoms with van der Waals surface area (Å²) in [6, 6.07) is 0. The van der Waals surface area contributed by atoms with Gasteiger partial charge in [0, 0.05) is 0 Å². The summed E-state index contributed by atoms with van der Waals surface area (Å²) in [6.07, 6.45) is 0. The Bertz CT molecular complexity index is 118. The molecule has 0 aliphatic rings. The average Bonchev–Trinajstić information content (AvgIpc) is 1.54. The molecule has 0 aromatic carbocycles. The number of rotatable bonds is 0. The van der Waals surface area contributed by atoms with E-state index in [0.29, 0.717) is 0 Å². The first kappa shape index (κ1) is 444. The Morgan fingerprint density at radius 1 is 0.258 bits per heavy atom. The van der Waals surface area contributed by atoms with Gasteiger partial charge in [0.05, 0.1) is 15.3 Å². The molecular weight excluding hydrogens is 614 g/mol. The van der Waals surface area contributed by atoms with Gasteiger partial charge < -0.3 is 145 Å². The van der Waals surface area contributed by atoms with Crippen LogP contribution in [0.1, 0.15) is 0 Å². The van der Waals surface area contributed by atoms with Crippen molar-refractivity contribution in [1.29, 1.82) is 0 Å². The molecule has 36 N–H and O–H groups in total. The second-order valence-corrected chi connectivity index (χ2v) is 0.671. The first-order valence-corrected chi connectivity index (χ1v) is 1.64. The molecule has 0 spiro atoms. The standard InChI is InChI=1S/Ce.3NO3.18H2O/c;3*2-1(3)4;;;;;;;;;;;;;;;;;;/h;;;;18*1H2/q+3;3*-1;;;;;;;;;;;;;;;;;;. The molecule has 0 saturated carbocycles. The zero-order valence-corrected chi connectivity index (χ0v) is 17.7. The van der Waals surface area contributed by atoms with E-state index in [0.717, 1.165) is 0 Å². The maximum atomic E-state index is 8.25. The van der Waals surface area contributed by atoms with Crippen LogP contribution in [0.25, 0.3) is 0 Å². The van der Waals surface area contributed by atoms with Crippen molar-refractivity contribution in [2.24, 2.45) is 0 Å². The Hall–Kier alpha value is -1.74. The first-order valence-electron chi connectivity index (χ1n) is 1.64. The van der Waals surface area contributed by atoms with Crippen molar-refractivity contribution in [2.45, 2.75) is 0 Å². The average molecular weight is 650 g/mol. The van der Waals surface area contributed by atoms with Crippen LogP contribution in [0, 0.1) is 87.7 Å². The van der Waals surface area contributed by atoms with Crippen molar-refractivity contribution in [3.05, 3.63) is 46.0 Å². The van der Waals surface area contributed by atoms with Crippen LogP contribution in [0.4, 0.5) is 0 Å². The number of hydrogen-bond donors (Lipinski definition) is 0. The van der Waals surface area contributed by atoms with Crippen LogP contribution in [0.2, 0.25) is 0 Å². The minimum atomic E-state index is -1.75. The Kier molecular flexibility index (Phi) is 5700. The molecule has 0 aliphatic heterocycles. The molecule has 0 amide bonds. The summed E-state index contributed by atoms with van der Waals surface area (Å²) in [7, 11) is 0. The van der Waals surface area contributed by atoms with Gasteiger partial charge in [-0.3, -0.25) is 0 Å². The van der Waals surface area contributed by atoms with Crippen LogP contribution in [0.15, 0.2) is 0 Å². The Labute approximate surface area is 201 Å². The molecule has 217 valence electrons. The van der Waals surface area contributed by atoms with Gasteiger partial charge in [-0.05, 0) is 0 Å². The molecule has 1 radical (unpaired) electrons. The van der Waals surface area contributed by atoms with Gasteiger partial charge in [0.1, 0.15) is 0 Å². The van der Waals surface area contributed by atoms with Gasteiger partial charge in [0.25, 0.3) is 0 Å². The number of nitrogens with zero attached hydrogens (tertiary/aromatic N) is 3. The third-order valence-corrected chi connectivity index (χ3v) is 0. The van der Waals surface area contributed by atoms with Gasteiger partial charge in [-0.25, -0.2) is 0 Å². The van der Waals surface area contributed by atoms with E-state index in [2.05, 4.69) is 0 Å². The summed E-state index contributed by atoms with van der Waals surface area (Å²) >= 11 is 0. The first-order chi connectivity index (χ1) is 5.20. The predicted octanol–water partition coefficient (Wildman–Crippen LogP) is -15.6. The zero-order chi connectivity index (χ0) is 10.7. The van der Waals surface area contributed by atoms with Crippen molar-refractivity contribution in [3.8, 4) is 0 Å². The summed E-state index contributed by atoms with van der Waals surface area (Å²) in [6.45, 7) is 0. The molecule has 31 heavy (non-hydrogen) atoms. The van der Waals surface area contributed by atoms with Crippen LogP contribution in [0.5, 0.6) is 0 Å². The van der Waals surface area contributed by atoms with Crippen molar-refractivity contribution in [1.82, 2.24) is 0 Å². The van der Waals surface area contributed by atoms with E-state index in [4.69, 9.17) is 46.0 Å². The van der Waals surface area contributed by atoms with Gasteiger partial charge in [-0.15, -0.1) is 0 Å². The topological polar surface area (TPSA) is 766 Å². The molecule has 0 rings (SSSR count).